The van der Waals surface area contributed by atoms with E-state index in [4.69, 9.17) is 16.9 Å². The molecule has 0 unspecified atom stereocenters. The Bertz CT molecular complexity index is 454. The van der Waals surface area contributed by atoms with Gasteiger partial charge in [0, 0.05) is 0 Å². The van der Waals surface area contributed by atoms with Gasteiger partial charge in [-0.25, -0.2) is 0 Å². The average Bonchev–Trinajstić information content (AvgIpc) is 2.28. The second-order valence-corrected chi connectivity index (χ2v) is 3.18. The molecule has 5 nitrogen and oxygen atoms in total. The van der Waals surface area contributed by atoms with Crippen LogP contribution in [0.2, 0.25) is 5.02 Å². The number of rotatable bonds is 2. The first-order chi connectivity index (χ1) is 7.65. The van der Waals surface area contributed by atoms with Crippen LogP contribution in [-0.4, -0.2) is 18.4 Å². The van der Waals surface area contributed by atoms with E-state index < -0.39 is 11.8 Å². The summed E-state index contributed by atoms with van der Waals surface area (Å²) in [6, 6.07) is 8.22. The number of hydrogen-bond donors (Lipinski definition) is 2. The highest BCUT2D eigenvalue weighted by atomic mass is 35.5. The van der Waals surface area contributed by atoms with Gasteiger partial charge in [0.1, 0.15) is 6.54 Å². The fourth-order valence-electron chi connectivity index (χ4n) is 0.942. The van der Waals surface area contributed by atoms with Crippen LogP contribution in [0.25, 0.3) is 0 Å². The third-order valence-corrected chi connectivity index (χ3v) is 1.99. The van der Waals surface area contributed by atoms with Crippen molar-refractivity contribution >= 4 is 29.1 Å². The van der Waals surface area contributed by atoms with E-state index >= 15 is 0 Å². The highest BCUT2D eigenvalue weighted by Crippen LogP contribution is 2.19. The Hall–Kier alpha value is -2.06. The topological polar surface area (TPSA) is 82.0 Å². The van der Waals surface area contributed by atoms with Gasteiger partial charge in [-0.15, -0.1) is 0 Å². The number of halogens is 1. The molecule has 0 aliphatic rings. The van der Waals surface area contributed by atoms with Crippen LogP contribution < -0.4 is 10.6 Å². The molecule has 0 atom stereocenters. The first-order valence-electron chi connectivity index (χ1n) is 4.36. The van der Waals surface area contributed by atoms with Crippen LogP contribution >= 0.6 is 11.6 Å². The van der Waals surface area contributed by atoms with Crippen molar-refractivity contribution in [3.8, 4) is 6.07 Å². The number of hydrogen-bond acceptors (Lipinski definition) is 3. The van der Waals surface area contributed by atoms with Gasteiger partial charge in [0.15, 0.2) is 0 Å². The third kappa shape index (κ3) is 3.26. The Labute approximate surface area is 97.0 Å². The molecule has 2 amide bonds. The molecule has 0 aliphatic carbocycles. The number of anilines is 1. The van der Waals surface area contributed by atoms with Crippen molar-refractivity contribution in [2.75, 3.05) is 11.9 Å². The number of amides is 2. The Morgan fingerprint density at radius 3 is 2.62 bits per heavy atom. The zero-order valence-electron chi connectivity index (χ0n) is 8.16. The molecule has 0 saturated heterocycles. The second-order valence-electron chi connectivity index (χ2n) is 2.77. The molecule has 2 N–H and O–H groups in total. The van der Waals surface area contributed by atoms with Crippen molar-refractivity contribution in [2.24, 2.45) is 0 Å². The molecular weight excluding hydrogens is 230 g/mol. The number of nitrogens with zero attached hydrogens (tertiary/aromatic N) is 1. The first kappa shape index (κ1) is 12.0. The largest absolute Gasteiger partial charge is 0.335 e. The molecule has 6 heteroatoms. The summed E-state index contributed by atoms with van der Waals surface area (Å²) in [7, 11) is 0. The zero-order chi connectivity index (χ0) is 12.0. The molecule has 1 rings (SSSR count). The van der Waals surface area contributed by atoms with E-state index in [0.717, 1.165) is 0 Å². The summed E-state index contributed by atoms with van der Waals surface area (Å²) >= 11 is 5.78. The van der Waals surface area contributed by atoms with Crippen molar-refractivity contribution < 1.29 is 9.59 Å². The first-order valence-corrected chi connectivity index (χ1v) is 4.73. The predicted molar refractivity (Wildman–Crippen MR) is 58.7 cm³/mol. The van der Waals surface area contributed by atoms with Crippen LogP contribution in [0.1, 0.15) is 0 Å². The van der Waals surface area contributed by atoms with E-state index in [1.807, 2.05) is 0 Å². The van der Waals surface area contributed by atoms with E-state index in [0.29, 0.717) is 10.7 Å². The standard InChI is InChI=1S/C10H8ClN3O2/c11-7-3-1-2-4-8(7)14-10(16)9(15)13-6-5-12/h1-4H,6H2,(H,13,15)(H,14,16). The van der Waals surface area contributed by atoms with Gasteiger partial charge in [0.25, 0.3) is 0 Å². The molecule has 0 spiro atoms. The van der Waals surface area contributed by atoms with Gasteiger partial charge >= 0.3 is 11.8 Å². The van der Waals surface area contributed by atoms with Gasteiger partial charge in [0.05, 0.1) is 16.8 Å². The van der Waals surface area contributed by atoms with Crippen LogP contribution in [0.4, 0.5) is 5.69 Å². The summed E-state index contributed by atoms with van der Waals surface area (Å²) in [6.45, 7) is -0.214. The summed E-state index contributed by atoms with van der Waals surface area (Å²) in [6.07, 6.45) is 0. The van der Waals surface area contributed by atoms with Crippen LogP contribution in [-0.2, 0) is 9.59 Å². The maximum absolute atomic E-state index is 11.3. The second kappa shape index (κ2) is 5.73. The minimum atomic E-state index is -0.874. The number of carbonyl (C=O) groups is 2. The minimum Gasteiger partial charge on any atom is -0.335 e. The fourth-order valence-corrected chi connectivity index (χ4v) is 1.12. The van der Waals surface area contributed by atoms with Crippen molar-refractivity contribution in [3.63, 3.8) is 0 Å². The predicted octanol–water partition coefficient (Wildman–Crippen LogP) is 0.918. The lowest BCUT2D eigenvalue weighted by Crippen LogP contribution is -2.35. The van der Waals surface area contributed by atoms with Gasteiger partial charge < -0.3 is 10.6 Å². The minimum absolute atomic E-state index is 0.214. The van der Waals surface area contributed by atoms with E-state index in [1.165, 1.54) is 0 Å². The Morgan fingerprint density at radius 2 is 2.00 bits per heavy atom. The molecule has 0 aliphatic heterocycles. The number of benzene rings is 1. The van der Waals surface area contributed by atoms with Gasteiger partial charge in [-0.3, -0.25) is 9.59 Å². The number of nitriles is 1. The smallest absolute Gasteiger partial charge is 0.313 e. The molecule has 0 heterocycles. The van der Waals surface area contributed by atoms with Crippen LogP contribution in [0.5, 0.6) is 0 Å². The van der Waals surface area contributed by atoms with Crippen LogP contribution in [0.15, 0.2) is 24.3 Å². The van der Waals surface area contributed by atoms with Crippen molar-refractivity contribution in [3.05, 3.63) is 29.3 Å². The summed E-state index contributed by atoms with van der Waals surface area (Å²) in [4.78, 5) is 22.4. The van der Waals surface area contributed by atoms with E-state index in [-0.39, 0.29) is 6.54 Å². The highest BCUT2D eigenvalue weighted by molar-refractivity contribution is 6.41. The van der Waals surface area contributed by atoms with Crippen LogP contribution in [0.3, 0.4) is 0 Å². The molecule has 1 aromatic rings. The molecular formula is C10H8ClN3O2. The van der Waals surface area contributed by atoms with Gasteiger partial charge in [-0.2, -0.15) is 5.26 Å². The quantitative estimate of drug-likeness (QED) is 0.593. The number of nitrogens with one attached hydrogen (secondary N) is 2. The number of para-hydroxylation sites is 1. The fraction of sp³-hybridized carbons (Fsp3) is 0.100. The molecule has 82 valence electrons. The Morgan fingerprint density at radius 1 is 1.31 bits per heavy atom. The third-order valence-electron chi connectivity index (χ3n) is 1.66. The maximum atomic E-state index is 11.3. The lowest BCUT2D eigenvalue weighted by Gasteiger charge is -2.05. The average molecular weight is 238 g/mol. The van der Waals surface area contributed by atoms with Crippen molar-refractivity contribution in [2.45, 2.75) is 0 Å². The summed E-state index contributed by atoms with van der Waals surface area (Å²) in [5.41, 5.74) is 0.348. The van der Waals surface area contributed by atoms with Crippen molar-refractivity contribution in [1.29, 1.82) is 5.26 Å². The van der Waals surface area contributed by atoms with Gasteiger partial charge in [0.2, 0.25) is 0 Å². The van der Waals surface area contributed by atoms with Crippen molar-refractivity contribution in [1.82, 2.24) is 5.32 Å². The molecule has 1 aromatic carbocycles. The number of carbonyl (C=O) groups excluding carboxylic acids is 2. The summed E-state index contributed by atoms with van der Waals surface area (Å²) < 4.78 is 0. The molecule has 16 heavy (non-hydrogen) atoms. The zero-order valence-corrected chi connectivity index (χ0v) is 8.91. The Kier molecular flexibility index (Phi) is 4.30. The van der Waals surface area contributed by atoms with Gasteiger partial charge in [-0.05, 0) is 12.1 Å². The lowest BCUT2D eigenvalue weighted by molar-refractivity contribution is -0.136. The normalized spacial score (nSPS) is 9.00. The monoisotopic (exact) mass is 237 g/mol. The van der Waals surface area contributed by atoms with E-state index in [2.05, 4.69) is 10.6 Å². The highest BCUT2D eigenvalue weighted by Gasteiger charge is 2.13. The maximum Gasteiger partial charge on any atom is 0.313 e. The Balaban J connectivity index is 2.62. The molecule has 0 fully saturated rings. The summed E-state index contributed by atoms with van der Waals surface area (Å²) in [5, 5.41) is 13.0. The lowest BCUT2D eigenvalue weighted by atomic mass is 10.3. The summed E-state index contributed by atoms with van der Waals surface area (Å²) in [5.74, 6) is -1.73. The molecule has 0 aromatic heterocycles. The molecule has 0 radical (unpaired) electrons. The molecule has 0 saturated carbocycles. The van der Waals surface area contributed by atoms with Gasteiger partial charge in [-0.1, -0.05) is 23.7 Å². The molecule has 0 bridgehead atoms. The van der Waals surface area contributed by atoms with E-state index in [9.17, 15) is 9.59 Å². The SMILES string of the molecule is N#CCNC(=O)C(=O)Nc1ccccc1Cl. The van der Waals surface area contributed by atoms with Crippen LogP contribution in [0, 0.1) is 11.3 Å². The van der Waals surface area contributed by atoms with E-state index in [1.54, 1.807) is 30.3 Å².